The van der Waals surface area contributed by atoms with Gasteiger partial charge in [0.05, 0.1) is 5.02 Å². The lowest BCUT2D eigenvalue weighted by Gasteiger charge is -2.21. The van der Waals surface area contributed by atoms with E-state index in [9.17, 15) is 9.18 Å². The van der Waals surface area contributed by atoms with Gasteiger partial charge in [0.25, 0.3) is 5.91 Å². The minimum Gasteiger partial charge on any atom is -0.340 e. The van der Waals surface area contributed by atoms with E-state index in [1.165, 1.54) is 12.1 Å². The fraction of sp³-hybridized carbons (Fsp3) is 0.333. The molecule has 0 bridgehead atoms. The molecule has 0 fully saturated rings. The molecule has 1 amide bonds. The number of carbonyl (C=O) groups excluding carboxylic acids is 1. The van der Waals surface area contributed by atoms with E-state index in [1.54, 1.807) is 24.4 Å². The van der Waals surface area contributed by atoms with Crippen molar-refractivity contribution in [1.82, 2.24) is 9.88 Å². The number of halogens is 2. The Morgan fingerprint density at radius 3 is 2.54 bits per heavy atom. The van der Waals surface area contributed by atoms with Gasteiger partial charge in [0, 0.05) is 30.5 Å². The van der Waals surface area contributed by atoms with Gasteiger partial charge in [-0.1, -0.05) is 25.4 Å². The highest BCUT2D eigenvalue weighted by molar-refractivity contribution is 6.31. The molecule has 6 heteroatoms. The Balaban J connectivity index is 2.18. The summed E-state index contributed by atoms with van der Waals surface area (Å²) in [5, 5.41) is 3.07. The Kier molecular flexibility index (Phi) is 6.55. The number of nitrogens with one attached hydrogen (secondary N) is 1. The van der Waals surface area contributed by atoms with E-state index < -0.39 is 5.82 Å². The average Bonchev–Trinajstić information content (AvgIpc) is 2.58. The van der Waals surface area contributed by atoms with Crippen LogP contribution in [0.25, 0.3) is 0 Å². The quantitative estimate of drug-likeness (QED) is 0.774. The number of aromatic nitrogens is 1. The third-order valence-electron chi connectivity index (χ3n) is 3.47. The molecule has 0 aliphatic heterocycles. The molecule has 0 atom stereocenters. The molecule has 1 heterocycles. The summed E-state index contributed by atoms with van der Waals surface area (Å²) in [5.41, 5.74) is 1.18. The number of anilines is 2. The molecule has 0 radical (unpaired) electrons. The van der Waals surface area contributed by atoms with Crippen LogP contribution in [0.4, 0.5) is 15.9 Å². The molecule has 1 aromatic heterocycles. The van der Waals surface area contributed by atoms with E-state index in [0.29, 0.717) is 17.1 Å². The van der Waals surface area contributed by atoms with Crippen LogP contribution in [0.1, 0.15) is 37.0 Å². The first-order valence-corrected chi connectivity index (χ1v) is 8.40. The van der Waals surface area contributed by atoms with Gasteiger partial charge >= 0.3 is 0 Å². The highest BCUT2D eigenvalue weighted by atomic mass is 35.5. The molecule has 1 N–H and O–H groups in total. The first-order chi connectivity index (χ1) is 11.5. The van der Waals surface area contributed by atoms with Crippen molar-refractivity contribution in [3.8, 4) is 0 Å². The van der Waals surface area contributed by atoms with E-state index in [-0.39, 0.29) is 10.9 Å². The third kappa shape index (κ3) is 4.68. The van der Waals surface area contributed by atoms with Crippen molar-refractivity contribution in [2.24, 2.45) is 0 Å². The fourth-order valence-electron chi connectivity index (χ4n) is 2.39. The topological polar surface area (TPSA) is 45.2 Å². The second-order valence-electron chi connectivity index (χ2n) is 5.48. The summed E-state index contributed by atoms with van der Waals surface area (Å²) in [4.78, 5) is 18.7. The number of pyridine rings is 1. The number of amides is 1. The smallest absolute Gasteiger partial charge is 0.254 e. The molecule has 1 aromatic carbocycles. The van der Waals surface area contributed by atoms with Gasteiger partial charge in [-0.2, -0.15) is 0 Å². The molecule has 0 unspecified atom stereocenters. The number of carbonyl (C=O) groups is 1. The Morgan fingerprint density at radius 2 is 1.92 bits per heavy atom. The summed E-state index contributed by atoms with van der Waals surface area (Å²) in [6, 6.07) is 7.72. The van der Waals surface area contributed by atoms with Crippen molar-refractivity contribution in [3.63, 3.8) is 0 Å². The molecule has 0 saturated carbocycles. The van der Waals surface area contributed by atoms with E-state index >= 15 is 0 Å². The number of hydrogen-bond acceptors (Lipinski definition) is 3. The molecule has 2 aromatic rings. The predicted molar refractivity (Wildman–Crippen MR) is 95.4 cm³/mol. The zero-order valence-electron chi connectivity index (χ0n) is 13.9. The van der Waals surface area contributed by atoms with Crippen LogP contribution in [0, 0.1) is 5.82 Å². The zero-order valence-corrected chi connectivity index (χ0v) is 14.6. The van der Waals surface area contributed by atoms with Crippen LogP contribution in [0.2, 0.25) is 5.02 Å². The largest absolute Gasteiger partial charge is 0.340 e. The Hall–Kier alpha value is -2.14. The Morgan fingerprint density at radius 1 is 1.21 bits per heavy atom. The minimum absolute atomic E-state index is 0.0127. The van der Waals surface area contributed by atoms with Gasteiger partial charge in [-0.15, -0.1) is 0 Å². The van der Waals surface area contributed by atoms with E-state index in [1.807, 2.05) is 18.7 Å². The van der Waals surface area contributed by atoms with Crippen LogP contribution in [0.3, 0.4) is 0 Å². The maximum atomic E-state index is 13.2. The second kappa shape index (κ2) is 8.64. The van der Waals surface area contributed by atoms with Crippen LogP contribution in [0.15, 0.2) is 36.5 Å². The summed E-state index contributed by atoms with van der Waals surface area (Å²) < 4.78 is 13.2. The van der Waals surface area contributed by atoms with Crippen LogP contribution < -0.4 is 5.32 Å². The molecular weight excluding hydrogens is 329 g/mol. The number of rotatable bonds is 7. The standard InChI is InChI=1S/C18H21ClFN3O/c1-3-9-23(10-4-2)18(24)13-7-8-21-17(11-13)22-14-5-6-16(20)15(19)12-14/h5-8,11-12H,3-4,9-10H2,1-2H3,(H,21,22). The lowest BCUT2D eigenvalue weighted by molar-refractivity contribution is 0.0755. The molecule has 0 spiro atoms. The summed E-state index contributed by atoms with van der Waals surface area (Å²) in [6.45, 7) is 5.55. The summed E-state index contributed by atoms with van der Waals surface area (Å²) in [7, 11) is 0. The van der Waals surface area contributed by atoms with Gasteiger partial charge in [-0.3, -0.25) is 4.79 Å². The Bertz CT molecular complexity index is 702. The van der Waals surface area contributed by atoms with Crippen LogP contribution in [-0.2, 0) is 0 Å². The van der Waals surface area contributed by atoms with Gasteiger partial charge in [0.15, 0.2) is 0 Å². The van der Waals surface area contributed by atoms with Crippen molar-refractivity contribution in [2.75, 3.05) is 18.4 Å². The summed E-state index contributed by atoms with van der Waals surface area (Å²) >= 11 is 5.78. The van der Waals surface area contributed by atoms with Gasteiger partial charge < -0.3 is 10.2 Å². The molecule has 4 nitrogen and oxygen atoms in total. The van der Waals surface area contributed by atoms with Crippen LogP contribution in [-0.4, -0.2) is 28.9 Å². The van der Waals surface area contributed by atoms with E-state index in [4.69, 9.17) is 11.6 Å². The molecule has 0 aliphatic carbocycles. The lowest BCUT2D eigenvalue weighted by atomic mass is 10.2. The molecule has 2 rings (SSSR count). The van der Waals surface area contributed by atoms with Gasteiger partial charge in [0.2, 0.25) is 0 Å². The van der Waals surface area contributed by atoms with Crippen molar-refractivity contribution >= 4 is 29.0 Å². The second-order valence-corrected chi connectivity index (χ2v) is 5.88. The van der Waals surface area contributed by atoms with Crippen LogP contribution in [0.5, 0.6) is 0 Å². The highest BCUT2D eigenvalue weighted by Crippen LogP contribution is 2.22. The fourth-order valence-corrected chi connectivity index (χ4v) is 2.57. The van der Waals surface area contributed by atoms with Crippen molar-refractivity contribution in [2.45, 2.75) is 26.7 Å². The lowest BCUT2D eigenvalue weighted by Crippen LogP contribution is -2.32. The Labute approximate surface area is 146 Å². The third-order valence-corrected chi connectivity index (χ3v) is 3.76. The van der Waals surface area contributed by atoms with Gasteiger partial charge in [-0.05, 0) is 43.2 Å². The molecule has 24 heavy (non-hydrogen) atoms. The van der Waals surface area contributed by atoms with Crippen molar-refractivity contribution in [3.05, 3.63) is 52.9 Å². The highest BCUT2D eigenvalue weighted by Gasteiger charge is 2.15. The maximum Gasteiger partial charge on any atom is 0.254 e. The van der Waals surface area contributed by atoms with Crippen molar-refractivity contribution < 1.29 is 9.18 Å². The zero-order chi connectivity index (χ0) is 17.5. The monoisotopic (exact) mass is 349 g/mol. The first-order valence-electron chi connectivity index (χ1n) is 8.02. The number of hydrogen-bond donors (Lipinski definition) is 1. The number of nitrogens with zero attached hydrogens (tertiary/aromatic N) is 2. The molecule has 0 aliphatic rings. The normalized spacial score (nSPS) is 10.5. The first kappa shape index (κ1) is 18.2. The van der Waals surface area contributed by atoms with Gasteiger partial charge in [-0.25, -0.2) is 9.37 Å². The molecular formula is C18H21ClFN3O. The molecule has 0 saturated heterocycles. The predicted octanol–water partition coefficient (Wildman–Crippen LogP) is 4.88. The summed E-state index contributed by atoms with van der Waals surface area (Å²) in [5.74, 6) is 0.0200. The van der Waals surface area contributed by atoms with Gasteiger partial charge in [0.1, 0.15) is 11.6 Å². The average molecular weight is 350 g/mol. The van der Waals surface area contributed by atoms with E-state index in [0.717, 1.165) is 25.9 Å². The maximum absolute atomic E-state index is 13.2. The SMILES string of the molecule is CCCN(CCC)C(=O)c1ccnc(Nc2ccc(F)c(Cl)c2)c1. The molecule has 128 valence electrons. The van der Waals surface area contributed by atoms with Crippen molar-refractivity contribution in [1.29, 1.82) is 0 Å². The van der Waals surface area contributed by atoms with E-state index in [2.05, 4.69) is 10.3 Å². The minimum atomic E-state index is -0.478. The van der Waals surface area contributed by atoms with Crippen LogP contribution >= 0.6 is 11.6 Å². The number of benzene rings is 1. The summed E-state index contributed by atoms with van der Waals surface area (Å²) in [6.07, 6.45) is 3.41.